The van der Waals surface area contributed by atoms with Gasteiger partial charge in [-0.15, -0.1) is 0 Å². The number of fused-ring (bicyclic) bond motifs is 1. The predicted octanol–water partition coefficient (Wildman–Crippen LogP) is 3.36. The second-order valence-electron chi connectivity index (χ2n) is 3.80. The highest BCUT2D eigenvalue weighted by Crippen LogP contribution is 2.19. The van der Waals surface area contributed by atoms with Gasteiger partial charge in [0.25, 0.3) is 0 Å². The van der Waals surface area contributed by atoms with Crippen LogP contribution in [0.15, 0.2) is 34.9 Å². The first kappa shape index (κ1) is 11.6. The molecular weight excluding hydrogens is 316 g/mol. The third kappa shape index (κ3) is 2.23. The Balaban J connectivity index is 1.93. The smallest absolute Gasteiger partial charge is 0.146 e. The van der Waals surface area contributed by atoms with Crippen molar-refractivity contribution in [1.29, 1.82) is 0 Å². The van der Waals surface area contributed by atoms with Gasteiger partial charge in [-0.3, -0.25) is 0 Å². The number of imidazole rings is 1. The van der Waals surface area contributed by atoms with Crippen molar-refractivity contribution in [3.63, 3.8) is 0 Å². The average molecular weight is 324 g/mol. The SMILES string of the molecule is Clc1nc(Cc2nc3ccccc3[nH]2)ncc1Br. The Bertz CT molecular complexity index is 677. The second-order valence-corrected chi connectivity index (χ2v) is 5.01. The van der Waals surface area contributed by atoms with Crippen molar-refractivity contribution in [3.8, 4) is 0 Å². The molecule has 0 saturated heterocycles. The summed E-state index contributed by atoms with van der Waals surface area (Å²) in [6.45, 7) is 0. The molecule has 1 aromatic carbocycles. The molecule has 0 saturated carbocycles. The highest BCUT2D eigenvalue weighted by atomic mass is 79.9. The Hall–Kier alpha value is -1.46. The first-order valence-corrected chi connectivity index (χ1v) is 6.50. The summed E-state index contributed by atoms with van der Waals surface area (Å²) < 4.78 is 0.692. The first-order valence-electron chi connectivity index (χ1n) is 5.33. The molecule has 0 spiro atoms. The lowest BCUT2D eigenvalue weighted by atomic mass is 10.3. The van der Waals surface area contributed by atoms with E-state index in [1.807, 2.05) is 24.3 Å². The Morgan fingerprint density at radius 3 is 2.83 bits per heavy atom. The maximum atomic E-state index is 5.93. The summed E-state index contributed by atoms with van der Waals surface area (Å²) in [6, 6.07) is 7.88. The van der Waals surface area contributed by atoms with Crippen LogP contribution in [0.4, 0.5) is 0 Å². The molecule has 2 aromatic heterocycles. The molecule has 0 amide bonds. The van der Waals surface area contributed by atoms with Gasteiger partial charge in [-0.05, 0) is 28.1 Å². The van der Waals surface area contributed by atoms with E-state index in [-0.39, 0.29) is 0 Å². The average Bonchev–Trinajstić information content (AvgIpc) is 2.76. The molecule has 6 heteroatoms. The van der Waals surface area contributed by atoms with E-state index in [2.05, 4.69) is 35.9 Å². The van der Waals surface area contributed by atoms with E-state index in [9.17, 15) is 0 Å². The maximum absolute atomic E-state index is 5.93. The van der Waals surface area contributed by atoms with Crippen LogP contribution in [-0.4, -0.2) is 19.9 Å². The number of para-hydroxylation sites is 2. The summed E-state index contributed by atoms with van der Waals surface area (Å²) in [5.74, 6) is 1.47. The van der Waals surface area contributed by atoms with Gasteiger partial charge in [-0.2, -0.15) is 0 Å². The zero-order chi connectivity index (χ0) is 12.5. The molecule has 0 aliphatic rings. The summed E-state index contributed by atoms with van der Waals surface area (Å²) in [5, 5.41) is 0.413. The van der Waals surface area contributed by atoms with Crippen LogP contribution in [-0.2, 0) is 6.42 Å². The number of benzene rings is 1. The molecule has 90 valence electrons. The standard InChI is InChI=1S/C12H8BrClN4/c13-7-6-15-10(18-12(7)14)5-11-16-8-3-1-2-4-9(8)17-11/h1-4,6H,5H2,(H,16,17). The largest absolute Gasteiger partial charge is 0.342 e. The summed E-state index contributed by atoms with van der Waals surface area (Å²) in [7, 11) is 0. The van der Waals surface area contributed by atoms with E-state index in [0.717, 1.165) is 16.9 Å². The molecule has 0 unspecified atom stereocenters. The molecule has 0 radical (unpaired) electrons. The number of rotatable bonds is 2. The molecule has 0 aliphatic heterocycles. The minimum absolute atomic E-state index is 0.413. The van der Waals surface area contributed by atoms with Gasteiger partial charge in [0.15, 0.2) is 0 Å². The number of nitrogens with one attached hydrogen (secondary N) is 1. The molecule has 1 N–H and O–H groups in total. The highest BCUT2D eigenvalue weighted by molar-refractivity contribution is 9.10. The Morgan fingerprint density at radius 1 is 1.22 bits per heavy atom. The summed E-state index contributed by atoms with van der Waals surface area (Å²) in [6.07, 6.45) is 2.18. The zero-order valence-electron chi connectivity index (χ0n) is 9.19. The molecule has 0 aliphatic carbocycles. The summed E-state index contributed by atoms with van der Waals surface area (Å²) in [4.78, 5) is 16.1. The predicted molar refractivity (Wildman–Crippen MR) is 73.6 cm³/mol. The molecule has 0 fully saturated rings. The van der Waals surface area contributed by atoms with Crippen LogP contribution in [0.2, 0.25) is 5.15 Å². The molecule has 0 bridgehead atoms. The number of hydrogen-bond acceptors (Lipinski definition) is 3. The number of aromatic amines is 1. The number of hydrogen-bond donors (Lipinski definition) is 1. The molecule has 4 nitrogen and oxygen atoms in total. The number of halogens is 2. The van der Waals surface area contributed by atoms with Crippen LogP contribution >= 0.6 is 27.5 Å². The lowest BCUT2D eigenvalue weighted by Gasteiger charge is -1.98. The van der Waals surface area contributed by atoms with Gasteiger partial charge in [0, 0.05) is 6.20 Å². The van der Waals surface area contributed by atoms with Crippen LogP contribution in [0, 0.1) is 0 Å². The fourth-order valence-electron chi connectivity index (χ4n) is 1.70. The molecule has 18 heavy (non-hydrogen) atoms. The second kappa shape index (κ2) is 4.66. The number of aromatic nitrogens is 4. The Kier molecular flexibility index (Phi) is 3.01. The Labute approximate surface area is 117 Å². The molecule has 3 rings (SSSR count). The van der Waals surface area contributed by atoms with E-state index < -0.39 is 0 Å². The van der Waals surface area contributed by atoms with Gasteiger partial charge in [0.2, 0.25) is 0 Å². The maximum Gasteiger partial charge on any atom is 0.146 e. The lowest BCUT2D eigenvalue weighted by molar-refractivity contribution is 0.913. The van der Waals surface area contributed by atoms with Gasteiger partial charge in [-0.25, -0.2) is 15.0 Å². The Morgan fingerprint density at radius 2 is 2.06 bits per heavy atom. The molecule has 3 aromatic rings. The lowest BCUT2D eigenvalue weighted by Crippen LogP contribution is -1.98. The fourth-order valence-corrected chi connectivity index (χ4v) is 2.04. The van der Waals surface area contributed by atoms with E-state index >= 15 is 0 Å². The monoisotopic (exact) mass is 322 g/mol. The third-order valence-electron chi connectivity index (χ3n) is 2.52. The topological polar surface area (TPSA) is 54.5 Å². The van der Waals surface area contributed by atoms with Gasteiger partial charge < -0.3 is 4.98 Å². The van der Waals surface area contributed by atoms with Crippen molar-refractivity contribution in [3.05, 3.63) is 51.7 Å². The number of H-pyrrole nitrogens is 1. The fraction of sp³-hybridized carbons (Fsp3) is 0.0833. The van der Waals surface area contributed by atoms with Crippen molar-refractivity contribution < 1.29 is 0 Å². The van der Waals surface area contributed by atoms with E-state index in [0.29, 0.717) is 21.9 Å². The van der Waals surface area contributed by atoms with Gasteiger partial charge >= 0.3 is 0 Å². The summed E-state index contributed by atoms with van der Waals surface area (Å²) in [5.41, 5.74) is 1.95. The van der Waals surface area contributed by atoms with E-state index in [1.54, 1.807) is 6.20 Å². The highest BCUT2D eigenvalue weighted by Gasteiger charge is 2.07. The van der Waals surface area contributed by atoms with Gasteiger partial charge in [0.1, 0.15) is 16.8 Å². The molecule has 0 atom stereocenters. The van der Waals surface area contributed by atoms with Crippen LogP contribution in [0.3, 0.4) is 0 Å². The van der Waals surface area contributed by atoms with Crippen LogP contribution in [0.1, 0.15) is 11.6 Å². The van der Waals surface area contributed by atoms with E-state index in [1.165, 1.54) is 0 Å². The van der Waals surface area contributed by atoms with Crippen molar-refractivity contribution in [2.24, 2.45) is 0 Å². The first-order chi connectivity index (χ1) is 8.72. The quantitative estimate of drug-likeness (QED) is 0.736. The molecule has 2 heterocycles. The van der Waals surface area contributed by atoms with Crippen molar-refractivity contribution in [2.45, 2.75) is 6.42 Å². The summed E-state index contributed by atoms with van der Waals surface area (Å²) >= 11 is 9.19. The zero-order valence-corrected chi connectivity index (χ0v) is 11.5. The number of nitrogens with zero attached hydrogens (tertiary/aromatic N) is 3. The van der Waals surface area contributed by atoms with Gasteiger partial charge in [-0.1, -0.05) is 23.7 Å². The van der Waals surface area contributed by atoms with Crippen LogP contribution in [0.5, 0.6) is 0 Å². The van der Waals surface area contributed by atoms with Crippen molar-refractivity contribution >= 4 is 38.6 Å². The van der Waals surface area contributed by atoms with Crippen molar-refractivity contribution in [2.75, 3.05) is 0 Å². The van der Waals surface area contributed by atoms with Crippen LogP contribution < -0.4 is 0 Å². The minimum atomic E-state index is 0.413. The normalized spacial score (nSPS) is 11.0. The van der Waals surface area contributed by atoms with Gasteiger partial charge in [0.05, 0.1) is 21.9 Å². The molecular formula is C12H8BrClN4. The van der Waals surface area contributed by atoms with Crippen molar-refractivity contribution in [1.82, 2.24) is 19.9 Å². The van der Waals surface area contributed by atoms with E-state index in [4.69, 9.17) is 11.6 Å². The minimum Gasteiger partial charge on any atom is -0.342 e. The van der Waals surface area contributed by atoms with Crippen LogP contribution in [0.25, 0.3) is 11.0 Å². The third-order valence-corrected chi connectivity index (χ3v) is 3.61.